The number of benzene rings is 2. The normalized spacial score (nSPS) is 18.5. The third kappa shape index (κ3) is 6.34. The van der Waals surface area contributed by atoms with Crippen LogP contribution in [0.2, 0.25) is 0 Å². The predicted octanol–water partition coefficient (Wildman–Crippen LogP) is 6.44. The first-order chi connectivity index (χ1) is 17.1. The van der Waals surface area contributed by atoms with Crippen LogP contribution in [0.25, 0.3) is 5.57 Å². The van der Waals surface area contributed by atoms with Crippen LogP contribution in [0.1, 0.15) is 68.1 Å². The lowest BCUT2D eigenvalue weighted by molar-refractivity contribution is 0.203. The Hall–Kier alpha value is -3.06. The Morgan fingerprint density at radius 1 is 1.06 bits per heavy atom. The van der Waals surface area contributed by atoms with Gasteiger partial charge in [0.25, 0.3) is 0 Å². The average molecular weight is 468 g/mol. The van der Waals surface area contributed by atoms with Crippen molar-refractivity contribution in [2.75, 3.05) is 19.7 Å². The Kier molecular flexibility index (Phi) is 8.64. The molecule has 0 aromatic heterocycles. The van der Waals surface area contributed by atoms with E-state index >= 15 is 0 Å². The molecule has 2 aliphatic rings. The van der Waals surface area contributed by atoms with Crippen molar-refractivity contribution in [2.24, 2.45) is 0 Å². The number of hydrogen-bond acceptors (Lipinski definition) is 3. The number of phenolic OH excluding ortho intramolecular Hbond substituents is 1. The number of phenols is 1. The van der Waals surface area contributed by atoms with E-state index in [1.807, 2.05) is 31.2 Å². The van der Waals surface area contributed by atoms with E-state index in [0.29, 0.717) is 18.8 Å². The summed E-state index contributed by atoms with van der Waals surface area (Å²) in [4.78, 5) is 2.67. The summed E-state index contributed by atoms with van der Waals surface area (Å²) >= 11 is 0. The molecule has 4 rings (SSSR count). The van der Waals surface area contributed by atoms with Crippen molar-refractivity contribution in [1.29, 1.82) is 0 Å². The van der Waals surface area contributed by atoms with Crippen LogP contribution in [0.15, 0.2) is 77.9 Å². The van der Waals surface area contributed by atoms with Crippen molar-refractivity contribution in [3.05, 3.63) is 94.6 Å². The number of aliphatic hydroxyl groups excluding tert-OH is 1. The number of likely N-dealkylation sites (tertiary alicyclic amines) is 1. The van der Waals surface area contributed by atoms with Gasteiger partial charge in [-0.3, -0.25) is 0 Å². The molecule has 2 aromatic carbocycles. The van der Waals surface area contributed by atoms with E-state index < -0.39 is 0 Å². The van der Waals surface area contributed by atoms with Crippen molar-refractivity contribution in [3.63, 3.8) is 0 Å². The lowest BCUT2D eigenvalue weighted by atomic mass is 9.84. The van der Waals surface area contributed by atoms with E-state index in [1.54, 1.807) is 18.2 Å². The highest BCUT2D eigenvalue weighted by atomic mass is 16.3. The SMILES string of the molecule is C#C/C=C(\C=C/C)C(/CCCO)=C(\c1ccc(C2CCN(C3CC3)CC2)cc1)c1cccc(O)c1. The van der Waals surface area contributed by atoms with Crippen LogP contribution in [-0.2, 0) is 0 Å². The topological polar surface area (TPSA) is 43.7 Å². The second-order valence-electron chi connectivity index (χ2n) is 9.66. The van der Waals surface area contributed by atoms with E-state index in [4.69, 9.17) is 6.42 Å². The first-order valence-corrected chi connectivity index (χ1v) is 12.9. The maximum absolute atomic E-state index is 10.3. The smallest absolute Gasteiger partial charge is 0.116 e. The van der Waals surface area contributed by atoms with Gasteiger partial charge in [-0.25, -0.2) is 0 Å². The number of nitrogens with zero attached hydrogens (tertiary/aromatic N) is 1. The van der Waals surface area contributed by atoms with Gasteiger partial charge >= 0.3 is 0 Å². The molecular formula is C32H37NO2. The van der Waals surface area contributed by atoms with Crippen LogP contribution in [0, 0.1) is 12.3 Å². The number of hydrogen-bond donors (Lipinski definition) is 2. The van der Waals surface area contributed by atoms with Crippen molar-refractivity contribution in [2.45, 2.75) is 57.4 Å². The molecule has 3 nitrogen and oxygen atoms in total. The molecule has 0 radical (unpaired) electrons. The molecule has 35 heavy (non-hydrogen) atoms. The third-order valence-electron chi connectivity index (χ3n) is 7.22. The molecule has 1 aliphatic heterocycles. The number of allylic oxidation sites excluding steroid dienone is 5. The standard InChI is InChI=1S/C32H37NO2/c1-3-7-26(8-4-2)31(11-6-22-34)32(28-9-5-10-30(35)23-28)27-14-12-24(13-15-27)25-18-20-33(21-19-25)29-16-17-29/h1,4-5,7-10,12-15,23,25,29,34-35H,6,11,16-22H2,2H3/b8-4-,26-7+,32-31+. The van der Waals surface area contributed by atoms with Crippen LogP contribution in [0.4, 0.5) is 0 Å². The zero-order valence-electron chi connectivity index (χ0n) is 20.8. The second-order valence-corrected chi connectivity index (χ2v) is 9.66. The zero-order valence-corrected chi connectivity index (χ0v) is 20.8. The van der Waals surface area contributed by atoms with Gasteiger partial charge in [-0.1, -0.05) is 54.5 Å². The quantitative estimate of drug-likeness (QED) is 0.329. The predicted molar refractivity (Wildman–Crippen MR) is 145 cm³/mol. The van der Waals surface area contributed by atoms with Gasteiger partial charge in [0, 0.05) is 12.6 Å². The molecule has 182 valence electrons. The maximum atomic E-state index is 10.3. The van der Waals surface area contributed by atoms with Crippen LogP contribution >= 0.6 is 0 Å². The van der Waals surface area contributed by atoms with Gasteiger partial charge in [0.1, 0.15) is 5.75 Å². The fourth-order valence-electron chi connectivity index (χ4n) is 5.31. The summed E-state index contributed by atoms with van der Waals surface area (Å²) in [5, 5.41) is 19.9. The highest BCUT2D eigenvalue weighted by Crippen LogP contribution is 2.37. The fraction of sp³-hybridized carbons (Fsp3) is 0.375. The third-order valence-corrected chi connectivity index (χ3v) is 7.22. The number of piperidine rings is 1. The molecule has 0 amide bonds. The maximum Gasteiger partial charge on any atom is 0.116 e. The van der Waals surface area contributed by atoms with E-state index in [1.165, 1.54) is 44.3 Å². The minimum Gasteiger partial charge on any atom is -0.508 e. The number of terminal acetylenes is 1. The van der Waals surface area contributed by atoms with Gasteiger partial charge in [0.05, 0.1) is 0 Å². The Morgan fingerprint density at radius 3 is 2.40 bits per heavy atom. The van der Waals surface area contributed by atoms with Crippen molar-refractivity contribution < 1.29 is 10.2 Å². The van der Waals surface area contributed by atoms with Crippen molar-refractivity contribution >= 4 is 5.57 Å². The molecular weight excluding hydrogens is 430 g/mol. The molecule has 2 fully saturated rings. The van der Waals surface area contributed by atoms with E-state index in [9.17, 15) is 10.2 Å². The first-order valence-electron chi connectivity index (χ1n) is 12.9. The Balaban J connectivity index is 1.73. The summed E-state index contributed by atoms with van der Waals surface area (Å²) in [5.74, 6) is 3.53. The van der Waals surface area contributed by atoms with Gasteiger partial charge in [-0.2, -0.15) is 0 Å². The summed E-state index contributed by atoms with van der Waals surface area (Å²) in [7, 11) is 0. The average Bonchev–Trinajstić information content (AvgIpc) is 3.73. The summed E-state index contributed by atoms with van der Waals surface area (Å²) in [6.45, 7) is 4.50. The van der Waals surface area contributed by atoms with Crippen LogP contribution in [0.3, 0.4) is 0 Å². The van der Waals surface area contributed by atoms with Crippen LogP contribution < -0.4 is 0 Å². The van der Waals surface area contributed by atoms with Gasteiger partial charge in [0.15, 0.2) is 0 Å². The largest absolute Gasteiger partial charge is 0.508 e. The van der Waals surface area contributed by atoms with E-state index in [-0.39, 0.29) is 12.4 Å². The molecule has 0 unspecified atom stereocenters. The van der Waals surface area contributed by atoms with Crippen LogP contribution in [0.5, 0.6) is 5.75 Å². The molecule has 0 bridgehead atoms. The Bertz CT molecular complexity index is 1120. The summed E-state index contributed by atoms with van der Waals surface area (Å²) in [6, 6.07) is 17.2. The molecule has 2 aromatic rings. The molecule has 3 heteroatoms. The van der Waals surface area contributed by atoms with Crippen molar-refractivity contribution in [1.82, 2.24) is 4.90 Å². The lowest BCUT2D eigenvalue weighted by Crippen LogP contribution is -2.34. The summed E-state index contributed by atoms with van der Waals surface area (Å²) < 4.78 is 0. The van der Waals surface area contributed by atoms with Gasteiger partial charge < -0.3 is 15.1 Å². The molecule has 0 atom stereocenters. The summed E-state index contributed by atoms with van der Waals surface area (Å²) in [6.07, 6.45) is 18.0. The van der Waals surface area contributed by atoms with Gasteiger partial charge in [0.2, 0.25) is 0 Å². The minimum atomic E-state index is 0.106. The molecule has 1 aliphatic carbocycles. The molecule has 0 spiro atoms. The summed E-state index contributed by atoms with van der Waals surface area (Å²) in [5.41, 5.74) is 6.52. The lowest BCUT2D eigenvalue weighted by Gasteiger charge is -2.32. The number of aliphatic hydroxyl groups is 1. The zero-order chi connectivity index (χ0) is 24.6. The molecule has 2 N–H and O–H groups in total. The highest BCUT2D eigenvalue weighted by molar-refractivity contribution is 5.86. The molecule has 1 saturated heterocycles. The van der Waals surface area contributed by atoms with E-state index in [0.717, 1.165) is 33.9 Å². The minimum absolute atomic E-state index is 0.106. The monoisotopic (exact) mass is 467 g/mol. The van der Waals surface area contributed by atoms with Gasteiger partial charge in [-0.05, 0) is 116 Å². The number of rotatable bonds is 9. The van der Waals surface area contributed by atoms with Crippen molar-refractivity contribution in [3.8, 4) is 18.1 Å². The molecule has 1 heterocycles. The van der Waals surface area contributed by atoms with E-state index in [2.05, 4.69) is 35.1 Å². The van der Waals surface area contributed by atoms with Gasteiger partial charge in [-0.15, -0.1) is 6.42 Å². The number of aromatic hydroxyl groups is 1. The Labute approximate surface area is 210 Å². The van der Waals surface area contributed by atoms with Crippen LogP contribution in [-0.4, -0.2) is 40.9 Å². The first kappa shape index (κ1) is 25.0. The fourth-order valence-corrected chi connectivity index (χ4v) is 5.31. The molecule has 1 saturated carbocycles. The Morgan fingerprint density at radius 2 is 1.80 bits per heavy atom. The highest BCUT2D eigenvalue weighted by Gasteiger charge is 2.32. The second kappa shape index (κ2) is 12.1.